The fraction of sp³-hybridized carbons (Fsp3) is 0.520. The minimum atomic E-state index is -0.971. The Hall–Kier alpha value is -2.87. The molecule has 9 heteroatoms. The molecule has 182 valence electrons. The minimum absolute atomic E-state index is 0.00913. The molecule has 3 amide bonds. The highest BCUT2D eigenvalue weighted by Crippen LogP contribution is 2.37. The number of carbonyl (C=O) groups excluding carboxylic acids is 4. The summed E-state index contributed by atoms with van der Waals surface area (Å²) in [4.78, 5) is 53.7. The maximum atomic E-state index is 13.2. The van der Waals surface area contributed by atoms with Crippen molar-refractivity contribution in [1.29, 1.82) is 0 Å². The van der Waals surface area contributed by atoms with Gasteiger partial charge in [0.15, 0.2) is 5.78 Å². The fourth-order valence-electron chi connectivity index (χ4n) is 4.85. The maximum Gasteiger partial charge on any atom is 0.240 e. The number of hydrogen-bond acceptors (Lipinski definition) is 4. The van der Waals surface area contributed by atoms with Gasteiger partial charge in [-0.2, -0.15) is 0 Å². The molecule has 4 rings (SSSR count). The topological polar surface area (TPSA) is 134 Å². The lowest BCUT2D eigenvalue weighted by Crippen LogP contribution is -2.48. The van der Waals surface area contributed by atoms with Gasteiger partial charge in [0.2, 0.25) is 17.7 Å². The van der Waals surface area contributed by atoms with Gasteiger partial charge in [-0.15, -0.1) is 0 Å². The average Bonchev–Trinajstić information content (AvgIpc) is 3.38. The van der Waals surface area contributed by atoms with E-state index in [1.807, 2.05) is 26.0 Å². The lowest BCUT2D eigenvalue weighted by Gasteiger charge is -2.22. The Morgan fingerprint density at radius 2 is 1.97 bits per heavy atom. The predicted octanol–water partition coefficient (Wildman–Crippen LogP) is 3.09. The van der Waals surface area contributed by atoms with Crippen molar-refractivity contribution in [1.82, 2.24) is 15.6 Å². The Morgan fingerprint density at radius 3 is 2.56 bits per heavy atom. The van der Waals surface area contributed by atoms with Gasteiger partial charge < -0.3 is 21.4 Å². The van der Waals surface area contributed by atoms with E-state index in [9.17, 15) is 19.2 Å². The van der Waals surface area contributed by atoms with E-state index < -0.39 is 23.8 Å². The lowest BCUT2D eigenvalue weighted by atomic mass is 9.90. The van der Waals surface area contributed by atoms with Crippen LogP contribution in [0.4, 0.5) is 0 Å². The Morgan fingerprint density at radius 1 is 1.24 bits per heavy atom. The number of primary amides is 1. The molecule has 1 unspecified atom stereocenters. The van der Waals surface area contributed by atoms with Crippen LogP contribution in [0.5, 0.6) is 0 Å². The second kappa shape index (κ2) is 9.41. The quantitative estimate of drug-likeness (QED) is 0.384. The molecule has 1 aromatic heterocycles. The second-order valence-electron chi connectivity index (χ2n) is 10.4. The number of hydrogen-bond donors (Lipinski definition) is 4. The highest BCUT2D eigenvalue weighted by molar-refractivity contribution is 6.35. The van der Waals surface area contributed by atoms with E-state index in [2.05, 4.69) is 15.6 Å². The van der Waals surface area contributed by atoms with Gasteiger partial charge in [0, 0.05) is 29.2 Å². The number of para-hydroxylation sites is 1. The Kier molecular flexibility index (Phi) is 6.71. The van der Waals surface area contributed by atoms with Crippen LogP contribution < -0.4 is 16.4 Å². The van der Waals surface area contributed by atoms with E-state index in [-0.39, 0.29) is 36.0 Å². The number of aromatic amines is 1. The molecule has 2 heterocycles. The van der Waals surface area contributed by atoms with Crippen LogP contribution in [0.3, 0.4) is 0 Å². The van der Waals surface area contributed by atoms with Crippen LogP contribution in [0.25, 0.3) is 10.9 Å². The van der Waals surface area contributed by atoms with Crippen molar-refractivity contribution in [3.05, 3.63) is 35.0 Å². The molecule has 0 bridgehead atoms. The smallest absolute Gasteiger partial charge is 0.240 e. The summed E-state index contributed by atoms with van der Waals surface area (Å²) in [6.45, 7) is 3.83. The zero-order valence-corrected chi connectivity index (χ0v) is 20.2. The minimum Gasteiger partial charge on any atom is -0.368 e. The van der Waals surface area contributed by atoms with Crippen LogP contribution in [-0.4, -0.2) is 40.1 Å². The van der Waals surface area contributed by atoms with Gasteiger partial charge >= 0.3 is 0 Å². The van der Waals surface area contributed by atoms with Gasteiger partial charge in [-0.25, -0.2) is 0 Å². The van der Waals surface area contributed by atoms with Crippen LogP contribution in [0.15, 0.2) is 24.3 Å². The van der Waals surface area contributed by atoms with Crippen LogP contribution >= 0.6 is 11.6 Å². The molecule has 1 saturated heterocycles. The summed E-state index contributed by atoms with van der Waals surface area (Å²) in [6.07, 6.45) is 3.32. The summed E-state index contributed by atoms with van der Waals surface area (Å²) in [5, 5.41) is 6.98. The standard InChI is InChI=1S/C25H31ClN4O4/c1-25(2)12-16(24(34)30-25)10-19(22(27)32)29-23(33)15(8-13-6-7-13)11-20(31)18-9-14-4-3-5-17(26)21(14)28-18/h3-5,9,13,15-16,19,28H,6-8,10-12H2,1-2H3,(H2,27,32)(H,29,33)(H,30,34)/t15-,16?,19+/m1/s1. The molecule has 2 aliphatic rings. The van der Waals surface area contributed by atoms with Gasteiger partial charge in [0.1, 0.15) is 6.04 Å². The third-order valence-corrected chi connectivity index (χ3v) is 7.11. The number of carbonyl (C=O) groups is 4. The number of benzene rings is 1. The van der Waals surface area contributed by atoms with Crippen molar-refractivity contribution < 1.29 is 19.2 Å². The van der Waals surface area contributed by atoms with Gasteiger partial charge in [0.25, 0.3) is 0 Å². The van der Waals surface area contributed by atoms with Crippen molar-refractivity contribution in [2.45, 2.75) is 64.0 Å². The number of rotatable bonds is 10. The van der Waals surface area contributed by atoms with Crippen LogP contribution in [0, 0.1) is 17.8 Å². The number of nitrogens with one attached hydrogen (secondary N) is 3. The van der Waals surface area contributed by atoms with E-state index in [1.165, 1.54) is 0 Å². The number of Topliss-reactive ketones (excluding diaryl/α,β-unsaturated/α-hetero) is 1. The van der Waals surface area contributed by atoms with E-state index >= 15 is 0 Å². The molecule has 5 N–H and O–H groups in total. The van der Waals surface area contributed by atoms with E-state index in [0.717, 1.165) is 18.2 Å². The highest BCUT2D eigenvalue weighted by Gasteiger charge is 2.40. The molecule has 1 aliphatic carbocycles. The summed E-state index contributed by atoms with van der Waals surface area (Å²) < 4.78 is 0. The van der Waals surface area contributed by atoms with Crippen LogP contribution in [0.1, 0.15) is 62.9 Å². The number of halogens is 1. The molecule has 2 fully saturated rings. The molecule has 2 aromatic rings. The second-order valence-corrected chi connectivity index (χ2v) is 10.8. The maximum absolute atomic E-state index is 13.2. The summed E-state index contributed by atoms with van der Waals surface area (Å²) >= 11 is 6.21. The normalized spacial score (nSPS) is 21.1. The van der Waals surface area contributed by atoms with E-state index in [1.54, 1.807) is 12.1 Å². The first-order chi connectivity index (χ1) is 16.0. The summed E-state index contributed by atoms with van der Waals surface area (Å²) in [5.41, 5.74) is 6.28. The van der Waals surface area contributed by atoms with Crippen molar-refractivity contribution in [3.8, 4) is 0 Å². The third kappa shape index (κ3) is 5.60. The average molecular weight is 487 g/mol. The predicted molar refractivity (Wildman–Crippen MR) is 129 cm³/mol. The fourth-order valence-corrected chi connectivity index (χ4v) is 5.08. The zero-order valence-electron chi connectivity index (χ0n) is 19.4. The Balaban J connectivity index is 1.45. The SMILES string of the molecule is CC1(C)CC(C[C@H](NC(=O)[C@@H](CC(=O)c2cc3cccc(Cl)c3[nH]2)CC2CC2)C(N)=O)C(=O)N1. The molecule has 1 aliphatic heterocycles. The Labute approximate surface area is 203 Å². The van der Waals surface area contributed by atoms with Gasteiger partial charge in [-0.1, -0.05) is 36.6 Å². The van der Waals surface area contributed by atoms with Crippen LogP contribution in [0.2, 0.25) is 5.02 Å². The van der Waals surface area contributed by atoms with Gasteiger partial charge in [-0.05, 0) is 51.2 Å². The Bertz CT molecular complexity index is 1140. The summed E-state index contributed by atoms with van der Waals surface area (Å²) in [6, 6.07) is 6.18. The number of fused-ring (bicyclic) bond motifs is 1. The number of nitrogens with two attached hydrogens (primary N) is 1. The first-order valence-electron chi connectivity index (χ1n) is 11.7. The number of H-pyrrole nitrogens is 1. The number of ketones is 1. The lowest BCUT2D eigenvalue weighted by molar-refractivity contribution is -0.131. The summed E-state index contributed by atoms with van der Waals surface area (Å²) in [5.74, 6) is -2.00. The first kappa shape index (κ1) is 24.3. The van der Waals surface area contributed by atoms with Crippen molar-refractivity contribution in [2.75, 3.05) is 0 Å². The molecular formula is C25H31ClN4O4. The monoisotopic (exact) mass is 486 g/mol. The highest BCUT2D eigenvalue weighted by atomic mass is 35.5. The molecule has 8 nitrogen and oxygen atoms in total. The van der Waals surface area contributed by atoms with Crippen molar-refractivity contribution in [3.63, 3.8) is 0 Å². The largest absolute Gasteiger partial charge is 0.368 e. The van der Waals surface area contributed by atoms with Gasteiger partial charge in [0.05, 0.1) is 16.2 Å². The molecule has 0 radical (unpaired) electrons. The van der Waals surface area contributed by atoms with Crippen molar-refractivity contribution in [2.24, 2.45) is 23.5 Å². The summed E-state index contributed by atoms with van der Waals surface area (Å²) in [7, 11) is 0. The third-order valence-electron chi connectivity index (χ3n) is 6.79. The number of amides is 3. The van der Waals surface area contributed by atoms with Gasteiger partial charge in [-0.3, -0.25) is 19.2 Å². The van der Waals surface area contributed by atoms with E-state index in [4.69, 9.17) is 17.3 Å². The zero-order chi connectivity index (χ0) is 24.6. The number of aromatic nitrogens is 1. The molecular weight excluding hydrogens is 456 g/mol. The molecule has 1 saturated carbocycles. The molecule has 0 spiro atoms. The molecule has 34 heavy (non-hydrogen) atoms. The first-order valence-corrected chi connectivity index (χ1v) is 12.1. The van der Waals surface area contributed by atoms with Crippen LogP contribution in [-0.2, 0) is 14.4 Å². The van der Waals surface area contributed by atoms with E-state index in [0.29, 0.717) is 35.0 Å². The molecule has 1 aromatic carbocycles. The molecule has 3 atom stereocenters. The van der Waals surface area contributed by atoms with Crippen molar-refractivity contribution >= 4 is 46.0 Å².